The second-order valence-electron chi connectivity index (χ2n) is 19.8. The van der Waals surface area contributed by atoms with Crippen LogP contribution in [0.2, 0.25) is 0 Å². The molecule has 0 spiro atoms. The molecular formula is C55H62N8O6. The maximum atomic E-state index is 12.7. The SMILES string of the molecule is C.C1CCOC1.CC(C)(NC(=O)c1ccc(C#N)cc1)C1[C@H]2CC(O)C[C@@H]12.CC(C)(NC(=O)c1ccc(C#N)cc1)C1[C@H]2CC(n3ncc(=O)c4ccccc43)C[C@@H]12.O=c1cn[nH]c2ccccc12. The maximum Gasteiger partial charge on any atom is 0.251 e. The highest BCUT2D eigenvalue weighted by Crippen LogP contribution is 2.65. The topological polar surface area (TPSA) is 216 Å². The minimum Gasteiger partial charge on any atom is -0.393 e. The number of ether oxygens (including phenoxy) is 1. The Hall–Kier alpha value is -7.00. The summed E-state index contributed by atoms with van der Waals surface area (Å²) in [5.74, 6) is 2.87. The van der Waals surface area contributed by atoms with Gasteiger partial charge in [0.25, 0.3) is 11.8 Å². The predicted octanol–water partition coefficient (Wildman–Crippen LogP) is 8.11. The standard InChI is InChI=1S/C25H24N4O2.C17H20N2O2.C8H6N2O.C4H8O.CH4/c1-25(2,28-24(31)16-9-7-15(13-26)8-10-16)23-19-11-17(12-20(19)23)29-21-6-4-3-5-18(21)22(30)14-27-29;1-17(2,15-13-7-12(20)8-14(13)15)19-16(21)11-5-3-10(9-18)4-6-11;11-8-5-9-10-7-4-2-1-3-6(7)8;1-2-4-5-3-1;/h3-10,14,17,19-20,23H,11-12H2,1-2H3,(H,28,31);3-6,12-15,20H,7-8H2,1-2H3,(H,19,21);1-5H,(H,10,11);1-4H2;1H4/t17?,19-,20+,23?;12?,13-,14+,15?;;;. The molecule has 14 heteroatoms. The Labute approximate surface area is 402 Å². The van der Waals surface area contributed by atoms with Gasteiger partial charge in [0.1, 0.15) is 0 Å². The first-order chi connectivity index (χ1) is 32.7. The highest BCUT2D eigenvalue weighted by Gasteiger charge is 2.63. The smallest absolute Gasteiger partial charge is 0.251 e. The molecule has 2 aromatic heterocycles. The lowest BCUT2D eigenvalue weighted by Gasteiger charge is -2.30. The zero-order chi connectivity index (χ0) is 48.2. The van der Waals surface area contributed by atoms with Crippen LogP contribution in [0.1, 0.15) is 112 Å². The number of fused-ring (bicyclic) bond motifs is 4. The Kier molecular flexibility index (Phi) is 15.3. The molecule has 0 radical (unpaired) electrons. The number of aliphatic hydroxyl groups excluding tert-OH is 1. The molecule has 14 nitrogen and oxygen atoms in total. The van der Waals surface area contributed by atoms with Gasteiger partial charge in [-0.15, -0.1) is 0 Å². The van der Waals surface area contributed by atoms with Crippen LogP contribution in [0.15, 0.2) is 119 Å². The van der Waals surface area contributed by atoms with Gasteiger partial charge in [-0.3, -0.25) is 29.0 Å². The van der Waals surface area contributed by atoms with Crippen LogP contribution in [0.5, 0.6) is 0 Å². The summed E-state index contributed by atoms with van der Waals surface area (Å²) in [6.45, 7) is 10.3. The van der Waals surface area contributed by atoms with Gasteiger partial charge < -0.3 is 20.5 Å². The molecular weight excluding hydrogens is 869 g/mol. The fourth-order valence-corrected chi connectivity index (χ4v) is 11.2. The monoisotopic (exact) mass is 930 g/mol. The van der Waals surface area contributed by atoms with Crippen LogP contribution >= 0.6 is 0 Å². The summed E-state index contributed by atoms with van der Waals surface area (Å²) in [5, 5.41) is 45.9. The summed E-state index contributed by atoms with van der Waals surface area (Å²) in [5.41, 5.74) is 3.25. The third kappa shape index (κ3) is 11.3. The van der Waals surface area contributed by atoms with Crippen molar-refractivity contribution in [2.45, 2.75) is 96.9 Å². The predicted molar refractivity (Wildman–Crippen MR) is 265 cm³/mol. The molecule has 11 rings (SSSR count). The van der Waals surface area contributed by atoms with E-state index in [1.165, 1.54) is 25.2 Å². The molecule has 1 saturated heterocycles. The fourth-order valence-electron chi connectivity index (χ4n) is 11.2. The van der Waals surface area contributed by atoms with Crippen LogP contribution in [-0.4, -0.2) is 67.3 Å². The number of H-pyrrole nitrogens is 1. The lowest BCUT2D eigenvalue weighted by molar-refractivity contribution is 0.0879. The molecule has 69 heavy (non-hydrogen) atoms. The Bertz CT molecular complexity index is 2950. The van der Waals surface area contributed by atoms with E-state index in [-0.39, 0.29) is 53.3 Å². The normalized spacial score (nSPS) is 23.6. The van der Waals surface area contributed by atoms with E-state index in [1.54, 1.807) is 54.6 Å². The number of nitrogens with zero attached hydrogens (tertiary/aromatic N) is 5. The van der Waals surface area contributed by atoms with Crippen LogP contribution in [-0.2, 0) is 4.74 Å². The lowest BCUT2D eigenvalue weighted by Crippen LogP contribution is -2.46. The summed E-state index contributed by atoms with van der Waals surface area (Å²) in [4.78, 5) is 48.3. The average molecular weight is 931 g/mol. The van der Waals surface area contributed by atoms with E-state index in [9.17, 15) is 24.3 Å². The minimum absolute atomic E-state index is 0. The van der Waals surface area contributed by atoms with Gasteiger partial charge in [0, 0.05) is 46.2 Å². The molecule has 6 aromatic rings. The summed E-state index contributed by atoms with van der Waals surface area (Å²) in [6, 6.07) is 32.7. The molecule has 5 aliphatic rings. The van der Waals surface area contributed by atoms with Gasteiger partial charge in [-0.25, -0.2) is 0 Å². The molecule has 4 aromatic carbocycles. The minimum atomic E-state index is -0.315. The van der Waals surface area contributed by atoms with Crippen molar-refractivity contribution in [2.24, 2.45) is 35.5 Å². The zero-order valence-corrected chi connectivity index (χ0v) is 38.9. The maximum absolute atomic E-state index is 12.7. The Balaban J connectivity index is 0.000000158. The molecule has 4 N–H and O–H groups in total. The molecule has 5 fully saturated rings. The highest BCUT2D eigenvalue weighted by atomic mass is 16.5. The van der Waals surface area contributed by atoms with E-state index in [0.29, 0.717) is 68.5 Å². The van der Waals surface area contributed by atoms with Gasteiger partial charge >= 0.3 is 0 Å². The molecule has 358 valence electrons. The van der Waals surface area contributed by atoms with Crippen molar-refractivity contribution >= 4 is 33.6 Å². The van der Waals surface area contributed by atoms with Crippen molar-refractivity contribution < 1.29 is 19.4 Å². The van der Waals surface area contributed by atoms with E-state index in [1.807, 2.05) is 53.2 Å². The largest absolute Gasteiger partial charge is 0.393 e. The number of nitriles is 2. The number of aromatic nitrogens is 4. The van der Waals surface area contributed by atoms with Crippen molar-refractivity contribution in [3.63, 3.8) is 0 Å². The summed E-state index contributed by atoms with van der Waals surface area (Å²) in [7, 11) is 0. The first-order valence-electron chi connectivity index (χ1n) is 23.5. The van der Waals surface area contributed by atoms with Gasteiger partial charge in [0.2, 0.25) is 10.9 Å². The Morgan fingerprint density at radius 1 is 0.681 bits per heavy atom. The van der Waals surface area contributed by atoms with Crippen LogP contribution in [0.25, 0.3) is 21.8 Å². The number of carbonyl (C=O) groups is 2. The fraction of sp³-hybridized carbons (Fsp3) is 0.418. The van der Waals surface area contributed by atoms with E-state index >= 15 is 0 Å². The number of nitrogens with one attached hydrogen (secondary N) is 3. The van der Waals surface area contributed by atoms with E-state index in [0.717, 1.165) is 49.9 Å². The second-order valence-corrected chi connectivity index (χ2v) is 19.8. The summed E-state index contributed by atoms with van der Waals surface area (Å²) in [6.07, 6.45) is 8.85. The van der Waals surface area contributed by atoms with Gasteiger partial charge in [-0.1, -0.05) is 31.7 Å². The molecule has 1 aliphatic heterocycles. The van der Waals surface area contributed by atoms with Crippen LogP contribution in [0.3, 0.4) is 0 Å². The van der Waals surface area contributed by atoms with E-state index in [4.69, 9.17) is 15.3 Å². The summed E-state index contributed by atoms with van der Waals surface area (Å²) >= 11 is 0. The molecule has 2 amide bonds. The van der Waals surface area contributed by atoms with Gasteiger partial charge in [0.15, 0.2) is 0 Å². The van der Waals surface area contributed by atoms with Gasteiger partial charge in [-0.05, 0) is 175 Å². The third-order valence-corrected chi connectivity index (χ3v) is 14.4. The van der Waals surface area contributed by atoms with Crippen LogP contribution < -0.4 is 21.5 Å². The van der Waals surface area contributed by atoms with Gasteiger partial charge in [0.05, 0.1) is 58.8 Å². The number of hydrogen-bond donors (Lipinski definition) is 4. The molecule has 4 aliphatic carbocycles. The number of amides is 2. The van der Waals surface area contributed by atoms with Crippen molar-refractivity contribution in [1.82, 2.24) is 30.6 Å². The number of aliphatic hydroxyl groups is 1. The van der Waals surface area contributed by atoms with Crippen molar-refractivity contribution in [1.29, 1.82) is 10.5 Å². The van der Waals surface area contributed by atoms with Gasteiger partial charge in [-0.2, -0.15) is 20.7 Å². The van der Waals surface area contributed by atoms with Crippen LogP contribution in [0.4, 0.5) is 0 Å². The number of benzene rings is 4. The van der Waals surface area contributed by atoms with Crippen molar-refractivity contribution in [3.05, 3.63) is 152 Å². The first-order valence-corrected chi connectivity index (χ1v) is 23.5. The van der Waals surface area contributed by atoms with E-state index in [2.05, 4.69) is 59.7 Å². The number of rotatable bonds is 7. The zero-order valence-electron chi connectivity index (χ0n) is 38.9. The highest BCUT2D eigenvalue weighted by molar-refractivity contribution is 5.95. The quantitative estimate of drug-likeness (QED) is 0.121. The van der Waals surface area contributed by atoms with E-state index < -0.39 is 0 Å². The Morgan fingerprint density at radius 2 is 1.14 bits per heavy atom. The number of para-hydroxylation sites is 2. The third-order valence-electron chi connectivity index (χ3n) is 14.4. The molecule has 3 heterocycles. The second kappa shape index (κ2) is 21.1. The Morgan fingerprint density at radius 3 is 1.62 bits per heavy atom. The number of hydrogen-bond acceptors (Lipinski definition) is 10. The average Bonchev–Trinajstić information content (AvgIpc) is 3.82. The molecule has 4 saturated carbocycles. The van der Waals surface area contributed by atoms with Crippen LogP contribution in [0, 0.1) is 58.2 Å². The molecule has 4 unspecified atom stereocenters. The first kappa shape index (κ1) is 49.9. The lowest BCUT2D eigenvalue weighted by atomic mass is 9.90. The number of aromatic amines is 1. The summed E-state index contributed by atoms with van der Waals surface area (Å²) < 4.78 is 6.96. The van der Waals surface area contributed by atoms with Crippen molar-refractivity contribution in [2.75, 3.05) is 13.2 Å². The number of carbonyl (C=O) groups excluding carboxylic acids is 2. The molecule has 8 atom stereocenters. The van der Waals surface area contributed by atoms with Crippen molar-refractivity contribution in [3.8, 4) is 12.1 Å². The molecule has 0 bridgehead atoms.